The number of halogens is 2. The van der Waals surface area contributed by atoms with Crippen molar-refractivity contribution in [2.75, 3.05) is 6.61 Å². The lowest BCUT2D eigenvalue weighted by molar-refractivity contribution is -0.208. The Morgan fingerprint density at radius 3 is 2.67 bits per heavy atom. The van der Waals surface area contributed by atoms with Crippen LogP contribution in [-0.4, -0.2) is 41.6 Å². The fourth-order valence-electron chi connectivity index (χ4n) is 7.67. The summed E-state index contributed by atoms with van der Waals surface area (Å²) in [4.78, 5) is 38.8. The number of aliphatic hydroxyl groups excluding tert-OH is 1. The maximum Gasteiger partial charge on any atom is 0.344 e. The molecule has 8 heteroatoms. The van der Waals surface area contributed by atoms with E-state index >= 15 is 0 Å². The van der Waals surface area contributed by atoms with Gasteiger partial charge in [-0.25, -0.2) is 14.0 Å². The Morgan fingerprint density at radius 2 is 1.97 bits per heavy atom. The second-order valence-electron chi connectivity index (χ2n) is 12.2. The molecule has 0 radical (unpaired) electrons. The molecule has 0 unspecified atom stereocenters. The largest absolute Gasteiger partial charge is 0.459 e. The summed E-state index contributed by atoms with van der Waals surface area (Å²) in [5.41, 5.74) is -1.58. The lowest BCUT2D eigenvalue weighted by Crippen LogP contribution is -2.63. The number of hydrogen-bond acceptors (Lipinski definition) is 6. The minimum atomic E-state index is -0.814. The third-order valence-electron chi connectivity index (χ3n) is 10.3. The van der Waals surface area contributed by atoms with Gasteiger partial charge in [0.25, 0.3) is 0 Å². The first kappa shape index (κ1) is 29.7. The summed E-state index contributed by atoms with van der Waals surface area (Å²) in [5.74, 6) is -2.24. The second kappa shape index (κ2) is 10.9. The molecule has 3 saturated carbocycles. The highest BCUT2D eigenvalue weighted by Gasteiger charge is 2.68. The Kier molecular flexibility index (Phi) is 8.31. The predicted octanol–water partition coefficient (Wildman–Crippen LogP) is 6.05. The Bertz CT molecular complexity index is 1200. The van der Waals surface area contributed by atoms with Gasteiger partial charge in [0, 0.05) is 39.3 Å². The molecule has 0 heterocycles. The smallest absolute Gasteiger partial charge is 0.344 e. The molecule has 0 saturated heterocycles. The summed E-state index contributed by atoms with van der Waals surface area (Å²) in [6, 6.07) is 4.33. The van der Waals surface area contributed by atoms with Gasteiger partial charge in [-0.05, 0) is 67.2 Å². The first-order valence-electron chi connectivity index (χ1n) is 13.6. The van der Waals surface area contributed by atoms with E-state index < -0.39 is 47.4 Å². The zero-order valence-electron chi connectivity index (χ0n) is 23.0. The van der Waals surface area contributed by atoms with Gasteiger partial charge < -0.3 is 14.6 Å². The second-order valence-corrected chi connectivity index (χ2v) is 13.1. The number of benzene rings is 1. The number of carbonyl (C=O) groups is 3. The van der Waals surface area contributed by atoms with Crippen molar-refractivity contribution in [2.24, 2.45) is 34.0 Å². The summed E-state index contributed by atoms with van der Waals surface area (Å²) in [7, 11) is 0. The van der Waals surface area contributed by atoms with Crippen LogP contribution in [0.25, 0.3) is 6.08 Å². The highest BCUT2D eigenvalue weighted by molar-refractivity contribution is 9.10. The van der Waals surface area contributed by atoms with Crippen LogP contribution >= 0.6 is 15.9 Å². The zero-order valence-corrected chi connectivity index (χ0v) is 24.6. The molecule has 212 valence electrons. The Labute approximate surface area is 238 Å². The Balaban J connectivity index is 1.56. The van der Waals surface area contributed by atoms with Crippen molar-refractivity contribution in [1.82, 2.24) is 0 Å². The molecular formula is C31H38BrFO6. The molecule has 8 atom stereocenters. The Hall–Kier alpha value is -2.32. The van der Waals surface area contributed by atoms with Crippen molar-refractivity contribution in [3.05, 3.63) is 52.8 Å². The standard InChI is InChI=1S/C31H38BrFO6/c1-6-29(4)16-24(39-26(36)17-38-25(35)10-7-20-15-21(32)8-9-22(20)33)30(5)18(2)11-13-31(19(3)28(29)37)14-12-23(34)27(30)31/h6-10,15,18-19,24,27-28,37H,1,11-14,16-17H2,2-5H3/b10-7+/t18-,19+,24-,27+,28+,29-,30+,31+/m1/s1. The van der Waals surface area contributed by atoms with Crippen LogP contribution in [0.3, 0.4) is 0 Å². The highest BCUT2D eigenvalue weighted by atomic mass is 79.9. The van der Waals surface area contributed by atoms with Crippen molar-refractivity contribution in [3.8, 4) is 0 Å². The number of ether oxygens (including phenoxy) is 2. The average molecular weight is 606 g/mol. The van der Waals surface area contributed by atoms with E-state index in [1.165, 1.54) is 18.2 Å². The van der Waals surface area contributed by atoms with E-state index in [4.69, 9.17) is 9.47 Å². The topological polar surface area (TPSA) is 89.9 Å². The molecule has 3 fully saturated rings. The van der Waals surface area contributed by atoms with E-state index in [0.29, 0.717) is 23.7 Å². The normalized spacial score (nSPS) is 38.0. The number of esters is 2. The van der Waals surface area contributed by atoms with E-state index in [-0.39, 0.29) is 34.5 Å². The first-order valence-corrected chi connectivity index (χ1v) is 14.4. The molecule has 3 aliphatic carbocycles. The van der Waals surface area contributed by atoms with Crippen LogP contribution in [0.5, 0.6) is 0 Å². The van der Waals surface area contributed by atoms with Gasteiger partial charge in [-0.2, -0.15) is 0 Å². The number of rotatable bonds is 6. The number of ketones is 1. The van der Waals surface area contributed by atoms with E-state index in [0.717, 1.165) is 18.9 Å². The molecule has 0 aliphatic heterocycles. The van der Waals surface area contributed by atoms with E-state index in [1.807, 2.05) is 20.8 Å². The van der Waals surface area contributed by atoms with Crippen LogP contribution < -0.4 is 0 Å². The van der Waals surface area contributed by atoms with E-state index in [9.17, 15) is 23.9 Å². The van der Waals surface area contributed by atoms with Gasteiger partial charge in [0.15, 0.2) is 6.61 Å². The van der Waals surface area contributed by atoms with Crippen LogP contribution in [0.2, 0.25) is 0 Å². The molecule has 1 aromatic rings. The van der Waals surface area contributed by atoms with Crippen LogP contribution in [0, 0.1) is 39.8 Å². The van der Waals surface area contributed by atoms with Gasteiger partial charge in [0.2, 0.25) is 0 Å². The predicted molar refractivity (Wildman–Crippen MR) is 149 cm³/mol. The number of carbonyl (C=O) groups excluding carboxylic acids is 3. The summed E-state index contributed by atoms with van der Waals surface area (Å²) >= 11 is 3.26. The molecular weight excluding hydrogens is 567 g/mol. The van der Waals surface area contributed by atoms with Crippen LogP contribution in [-0.2, 0) is 23.9 Å². The highest BCUT2D eigenvalue weighted by Crippen LogP contribution is 2.68. The number of hydrogen-bond donors (Lipinski definition) is 1. The van der Waals surface area contributed by atoms with Crippen LogP contribution in [0.15, 0.2) is 41.4 Å². The molecule has 3 aliphatic rings. The maximum absolute atomic E-state index is 13.9. The van der Waals surface area contributed by atoms with Gasteiger partial charge >= 0.3 is 11.9 Å². The van der Waals surface area contributed by atoms with Crippen molar-refractivity contribution >= 4 is 39.7 Å². The molecule has 0 spiro atoms. The van der Waals surface area contributed by atoms with E-state index in [2.05, 4.69) is 29.4 Å². The van der Waals surface area contributed by atoms with Crippen LogP contribution in [0.4, 0.5) is 4.39 Å². The van der Waals surface area contributed by atoms with Gasteiger partial charge in [0.1, 0.15) is 17.7 Å². The average Bonchev–Trinajstić information content (AvgIpc) is 3.26. The molecule has 4 rings (SSSR count). The molecule has 6 nitrogen and oxygen atoms in total. The maximum atomic E-state index is 13.9. The monoisotopic (exact) mass is 604 g/mol. The summed E-state index contributed by atoms with van der Waals surface area (Å²) < 4.78 is 25.8. The van der Waals surface area contributed by atoms with Gasteiger partial charge in [-0.15, -0.1) is 6.58 Å². The van der Waals surface area contributed by atoms with Crippen molar-refractivity contribution in [2.45, 2.75) is 72.0 Å². The van der Waals surface area contributed by atoms with Crippen LogP contribution in [0.1, 0.15) is 65.4 Å². The first-order chi connectivity index (χ1) is 18.3. The fraction of sp³-hybridized carbons (Fsp3) is 0.581. The molecule has 2 bridgehead atoms. The fourth-order valence-corrected chi connectivity index (χ4v) is 8.05. The molecule has 0 amide bonds. The summed E-state index contributed by atoms with van der Waals surface area (Å²) in [6.07, 6.45) is 5.78. The Morgan fingerprint density at radius 1 is 1.26 bits per heavy atom. The summed E-state index contributed by atoms with van der Waals surface area (Å²) in [6.45, 7) is 11.5. The summed E-state index contributed by atoms with van der Waals surface area (Å²) in [5, 5.41) is 11.6. The van der Waals surface area contributed by atoms with Crippen molar-refractivity contribution in [1.29, 1.82) is 0 Å². The van der Waals surface area contributed by atoms with Crippen molar-refractivity contribution in [3.63, 3.8) is 0 Å². The third kappa shape index (κ3) is 5.15. The molecule has 1 aromatic carbocycles. The van der Waals surface area contributed by atoms with E-state index in [1.54, 1.807) is 12.1 Å². The lowest BCUT2D eigenvalue weighted by atomic mass is 9.44. The van der Waals surface area contributed by atoms with Gasteiger partial charge in [0.05, 0.1) is 6.10 Å². The minimum Gasteiger partial charge on any atom is -0.459 e. The minimum absolute atomic E-state index is 0.0950. The molecule has 39 heavy (non-hydrogen) atoms. The zero-order chi connectivity index (χ0) is 28.8. The molecule has 0 aromatic heterocycles. The third-order valence-corrected chi connectivity index (χ3v) is 10.8. The van der Waals surface area contributed by atoms with Crippen molar-refractivity contribution < 1.29 is 33.4 Å². The lowest BCUT2D eigenvalue weighted by Gasteiger charge is -2.61. The number of aliphatic hydroxyl groups is 1. The molecule has 1 N–H and O–H groups in total. The SMILES string of the molecule is C=C[C@]1(C)C[C@@H](OC(=O)COC(=O)/C=C/c2cc(Br)ccc2F)[C@]2(C)[C@H](C)CC[C@]3(CCC(=O)[C@H]32)[C@@H](C)[C@@H]1O. The van der Waals surface area contributed by atoms with Gasteiger partial charge in [-0.3, -0.25) is 4.79 Å². The quantitative estimate of drug-likeness (QED) is 0.241. The van der Waals surface area contributed by atoms with Gasteiger partial charge in [-0.1, -0.05) is 49.7 Å². The number of Topliss-reactive ketones (excluding diaryl/α,β-unsaturated/α-hetero) is 1.